The molecule has 1 aromatic heterocycles. The molecule has 2 aromatic rings. The summed E-state index contributed by atoms with van der Waals surface area (Å²) in [5, 5.41) is 4.46. The van der Waals surface area contributed by atoms with Crippen molar-refractivity contribution in [2.75, 3.05) is 12.4 Å². The van der Waals surface area contributed by atoms with E-state index >= 15 is 0 Å². The van der Waals surface area contributed by atoms with Gasteiger partial charge in [0.05, 0.1) is 10.7 Å². The fourth-order valence-corrected chi connectivity index (χ4v) is 5.21. The van der Waals surface area contributed by atoms with Gasteiger partial charge in [0.1, 0.15) is 10.1 Å². The molecule has 1 N–H and O–H groups in total. The monoisotopic (exact) mass is 370 g/mol. The topological polar surface area (TPSA) is 83.6 Å². The Morgan fingerprint density at radius 2 is 2.00 bits per heavy atom. The van der Waals surface area contributed by atoms with Gasteiger partial charge in [0, 0.05) is 12.6 Å². The number of anilines is 1. The Kier molecular flexibility index (Phi) is 3.91. The van der Waals surface area contributed by atoms with Gasteiger partial charge in [0.2, 0.25) is 5.91 Å². The van der Waals surface area contributed by atoms with Gasteiger partial charge in [-0.25, -0.2) is 12.7 Å². The number of hydrogen-bond donors (Lipinski definition) is 1. The molecule has 0 spiro atoms. The summed E-state index contributed by atoms with van der Waals surface area (Å²) in [5.41, 5.74) is 0.558. The number of sulfonamides is 1. The van der Waals surface area contributed by atoms with Crippen LogP contribution in [0.2, 0.25) is 5.02 Å². The first-order valence-corrected chi connectivity index (χ1v) is 9.19. The lowest BCUT2D eigenvalue weighted by Gasteiger charge is -2.28. The lowest BCUT2D eigenvalue weighted by molar-refractivity contribution is -0.132. The number of hydrogen-bond acceptors (Lipinski definition) is 5. The van der Waals surface area contributed by atoms with Gasteiger partial charge in [0.15, 0.2) is 0 Å². The molecule has 1 unspecified atom stereocenters. The van der Waals surface area contributed by atoms with Gasteiger partial charge in [-0.1, -0.05) is 23.7 Å². The van der Waals surface area contributed by atoms with E-state index in [1.807, 2.05) is 0 Å². The average molecular weight is 371 g/mol. The highest BCUT2D eigenvalue weighted by Crippen LogP contribution is 2.38. The molecule has 1 aliphatic heterocycles. The third-order valence-corrected chi connectivity index (χ3v) is 7.09. The van der Waals surface area contributed by atoms with Crippen molar-refractivity contribution >= 4 is 50.5 Å². The van der Waals surface area contributed by atoms with Gasteiger partial charge >= 0.3 is 0 Å². The van der Waals surface area contributed by atoms with Crippen molar-refractivity contribution in [1.29, 1.82) is 0 Å². The van der Waals surface area contributed by atoms with E-state index in [4.69, 9.17) is 11.6 Å². The molecule has 120 valence electrons. The predicted molar refractivity (Wildman–Crippen MR) is 87.1 cm³/mol. The van der Waals surface area contributed by atoms with Gasteiger partial charge in [-0.05, 0) is 23.6 Å². The Labute approximate surface area is 141 Å². The molecular formula is C14H11ClN2O4S2. The molecule has 0 saturated carbocycles. The van der Waals surface area contributed by atoms with Crippen molar-refractivity contribution in [3.63, 3.8) is 0 Å². The molecule has 0 fully saturated rings. The number of amides is 2. The zero-order chi connectivity index (χ0) is 16.8. The maximum absolute atomic E-state index is 12.5. The summed E-state index contributed by atoms with van der Waals surface area (Å²) in [5.74, 6) is -2.63. The molecule has 9 heteroatoms. The van der Waals surface area contributed by atoms with Gasteiger partial charge in [0.25, 0.3) is 15.9 Å². The lowest BCUT2D eigenvalue weighted by atomic mass is 10.00. The van der Waals surface area contributed by atoms with Gasteiger partial charge in [-0.15, -0.1) is 11.3 Å². The Hall–Kier alpha value is -1.90. The molecule has 1 atom stereocenters. The van der Waals surface area contributed by atoms with Crippen LogP contribution < -0.4 is 5.32 Å². The summed E-state index contributed by atoms with van der Waals surface area (Å²) < 4.78 is 25.1. The van der Waals surface area contributed by atoms with Crippen molar-refractivity contribution in [1.82, 2.24) is 4.31 Å². The minimum Gasteiger partial charge on any atom is -0.324 e. The second-order valence-corrected chi connectivity index (χ2v) is 8.36. The highest BCUT2D eigenvalue weighted by molar-refractivity contribution is 7.91. The maximum Gasteiger partial charge on any atom is 0.276 e. The molecule has 6 nitrogen and oxygen atoms in total. The van der Waals surface area contributed by atoms with Crippen LogP contribution >= 0.6 is 22.9 Å². The van der Waals surface area contributed by atoms with E-state index < -0.39 is 27.8 Å². The zero-order valence-corrected chi connectivity index (χ0v) is 14.2. The molecular weight excluding hydrogens is 360 g/mol. The normalized spacial score (nSPS) is 19.3. The smallest absolute Gasteiger partial charge is 0.276 e. The highest BCUT2D eigenvalue weighted by atomic mass is 35.5. The number of para-hydroxylation sites is 1. The van der Waals surface area contributed by atoms with Gasteiger partial charge in [-0.2, -0.15) is 0 Å². The molecule has 0 aliphatic carbocycles. The van der Waals surface area contributed by atoms with Crippen molar-refractivity contribution in [2.45, 2.75) is 10.1 Å². The quantitative estimate of drug-likeness (QED) is 0.822. The average Bonchev–Trinajstić information content (AvgIpc) is 2.98. The third kappa shape index (κ3) is 2.52. The molecule has 2 heterocycles. The number of rotatable bonds is 2. The van der Waals surface area contributed by atoms with Crippen molar-refractivity contribution in [2.24, 2.45) is 0 Å². The van der Waals surface area contributed by atoms with Crippen LogP contribution in [0.15, 0.2) is 39.9 Å². The molecule has 0 saturated heterocycles. The van der Waals surface area contributed by atoms with Crippen LogP contribution in [-0.2, 0) is 19.6 Å². The van der Waals surface area contributed by atoms with E-state index in [0.29, 0.717) is 15.0 Å². The first-order chi connectivity index (χ1) is 10.8. The van der Waals surface area contributed by atoms with E-state index in [0.717, 1.165) is 18.4 Å². The molecule has 23 heavy (non-hydrogen) atoms. The van der Waals surface area contributed by atoms with Crippen LogP contribution in [0.1, 0.15) is 11.5 Å². The first kappa shape index (κ1) is 16.0. The number of carbonyl (C=O) groups excluding carboxylic acids is 2. The number of nitrogens with zero attached hydrogens (tertiary/aromatic N) is 1. The number of benzene rings is 1. The standard InChI is InChI=1S/C14H11ClN2O4S2/c1-17-13(19)11(8-6-7-22-14(8)23(17,20)21)12(18)16-10-5-3-2-4-9(10)15/h2-7,11H,1H3,(H,16,18). The molecule has 1 aliphatic rings. The largest absolute Gasteiger partial charge is 0.324 e. The van der Waals surface area contributed by atoms with E-state index in [2.05, 4.69) is 5.32 Å². The second kappa shape index (κ2) is 5.63. The number of thiophene rings is 1. The number of nitrogens with one attached hydrogen (secondary N) is 1. The number of halogens is 1. The number of carbonyl (C=O) groups is 2. The summed E-state index contributed by atoms with van der Waals surface area (Å²) >= 11 is 6.97. The molecule has 2 amide bonds. The second-order valence-electron chi connectivity index (χ2n) is 4.88. The summed E-state index contributed by atoms with van der Waals surface area (Å²) in [4.78, 5) is 24.9. The number of likely N-dealkylation sites (N-methyl/N-ethyl adjacent to an activating group) is 1. The lowest BCUT2D eigenvalue weighted by Crippen LogP contribution is -2.45. The van der Waals surface area contributed by atoms with Crippen LogP contribution in [0.4, 0.5) is 5.69 Å². The maximum atomic E-state index is 12.5. The summed E-state index contributed by atoms with van der Waals surface area (Å²) in [6.45, 7) is 0. The van der Waals surface area contributed by atoms with Crippen LogP contribution in [0.5, 0.6) is 0 Å². The number of fused-ring (bicyclic) bond motifs is 1. The van der Waals surface area contributed by atoms with Gasteiger partial charge < -0.3 is 5.32 Å². The van der Waals surface area contributed by atoms with E-state index in [1.165, 1.54) is 6.07 Å². The van der Waals surface area contributed by atoms with Crippen molar-refractivity contribution in [3.8, 4) is 0 Å². The minimum absolute atomic E-state index is 0.0129. The van der Waals surface area contributed by atoms with Gasteiger partial charge in [-0.3, -0.25) is 9.59 Å². The molecule has 3 rings (SSSR count). The predicted octanol–water partition coefficient (Wildman–Crippen LogP) is 2.28. The minimum atomic E-state index is -3.88. The molecule has 0 bridgehead atoms. The van der Waals surface area contributed by atoms with Crippen LogP contribution in [0.3, 0.4) is 0 Å². The summed E-state index contributed by atoms with van der Waals surface area (Å²) in [6, 6.07) is 8.09. The molecule has 1 aromatic carbocycles. The highest BCUT2D eigenvalue weighted by Gasteiger charge is 2.45. The van der Waals surface area contributed by atoms with Crippen molar-refractivity contribution < 1.29 is 18.0 Å². The van der Waals surface area contributed by atoms with Crippen LogP contribution in [0.25, 0.3) is 0 Å². The molecule has 0 radical (unpaired) electrons. The van der Waals surface area contributed by atoms with E-state index in [9.17, 15) is 18.0 Å². The van der Waals surface area contributed by atoms with Crippen LogP contribution in [-0.4, -0.2) is 31.6 Å². The Bertz CT molecular complexity index is 907. The van der Waals surface area contributed by atoms with Crippen molar-refractivity contribution in [3.05, 3.63) is 46.3 Å². The fourth-order valence-electron chi connectivity index (χ4n) is 2.31. The Morgan fingerprint density at radius 3 is 2.70 bits per heavy atom. The SMILES string of the molecule is CN1C(=O)C(C(=O)Nc2ccccc2Cl)c2ccsc2S1(=O)=O. The third-order valence-electron chi connectivity index (χ3n) is 3.52. The summed E-state index contributed by atoms with van der Waals surface area (Å²) in [6.07, 6.45) is 0. The Morgan fingerprint density at radius 1 is 1.30 bits per heavy atom. The summed E-state index contributed by atoms with van der Waals surface area (Å²) in [7, 11) is -2.73. The van der Waals surface area contributed by atoms with E-state index in [1.54, 1.807) is 29.6 Å². The zero-order valence-electron chi connectivity index (χ0n) is 11.8. The fraction of sp³-hybridized carbons (Fsp3) is 0.143. The van der Waals surface area contributed by atoms with E-state index in [-0.39, 0.29) is 9.77 Å². The van der Waals surface area contributed by atoms with Crippen LogP contribution in [0, 0.1) is 0 Å². The first-order valence-electron chi connectivity index (χ1n) is 6.49. The Balaban J connectivity index is 2.01.